The lowest BCUT2D eigenvalue weighted by Gasteiger charge is -1.65. The molecule has 0 aromatic heterocycles. The summed E-state index contributed by atoms with van der Waals surface area (Å²) in [4.78, 5) is 0. The largest absolute Gasteiger partial charge is 0.445 e. The van der Waals surface area contributed by atoms with E-state index in [1.807, 2.05) is 0 Å². The molecule has 2 heterocycles. The van der Waals surface area contributed by atoms with Crippen molar-refractivity contribution in [3.8, 4) is 35.5 Å². The summed E-state index contributed by atoms with van der Waals surface area (Å²) >= 11 is 0. The quantitative estimate of drug-likeness (QED) is 0.625. The van der Waals surface area contributed by atoms with Crippen molar-refractivity contribution in [1.29, 1.82) is 0 Å². The predicted molar refractivity (Wildman–Crippen MR) is 55.4 cm³/mol. The minimum Gasteiger partial charge on any atom is -0.445 e. The lowest BCUT2D eigenvalue weighted by Crippen LogP contribution is -1.54. The Morgan fingerprint density at radius 1 is 1.07 bits per heavy atom. The molecule has 0 fully saturated rings. The van der Waals surface area contributed by atoms with E-state index in [1.54, 1.807) is 13.0 Å². The Labute approximate surface area is 88.3 Å². The highest BCUT2D eigenvalue weighted by atomic mass is 16.6. The summed E-state index contributed by atoms with van der Waals surface area (Å²) in [5.74, 6) is 18.6. The highest BCUT2D eigenvalue weighted by Gasteiger charge is 2.39. The van der Waals surface area contributed by atoms with Gasteiger partial charge in [0.15, 0.2) is 5.76 Å². The van der Waals surface area contributed by atoms with Crippen molar-refractivity contribution in [2.75, 3.05) is 0 Å². The Morgan fingerprint density at radius 2 is 1.87 bits per heavy atom. The van der Waals surface area contributed by atoms with Crippen LogP contribution in [0.15, 0.2) is 35.7 Å². The summed E-state index contributed by atoms with van der Waals surface area (Å²) in [6.07, 6.45) is 1.63. The first-order valence-corrected chi connectivity index (χ1v) is 4.26. The van der Waals surface area contributed by atoms with Crippen molar-refractivity contribution in [2.45, 2.75) is 6.92 Å². The van der Waals surface area contributed by atoms with Crippen molar-refractivity contribution >= 4 is 0 Å². The van der Waals surface area contributed by atoms with Crippen molar-refractivity contribution in [2.24, 2.45) is 0 Å². The first-order chi connectivity index (χ1) is 7.36. The second-order valence-electron chi connectivity index (χ2n) is 2.63. The van der Waals surface area contributed by atoms with E-state index >= 15 is 0 Å². The molecule has 0 radical (unpaired) electrons. The molecule has 0 N–H and O–H groups in total. The van der Waals surface area contributed by atoms with Crippen LogP contribution < -0.4 is 0 Å². The Morgan fingerprint density at radius 3 is 2.53 bits per heavy atom. The van der Waals surface area contributed by atoms with Gasteiger partial charge < -0.3 is 9.47 Å². The molecule has 0 atom stereocenters. The number of hydrogen-bond donors (Lipinski definition) is 0. The summed E-state index contributed by atoms with van der Waals surface area (Å²) < 4.78 is 10.2. The third-order valence-corrected chi connectivity index (χ3v) is 1.64. The van der Waals surface area contributed by atoms with Gasteiger partial charge in [-0.3, -0.25) is 0 Å². The van der Waals surface area contributed by atoms with Crippen molar-refractivity contribution in [3.05, 3.63) is 35.7 Å². The molecule has 0 aliphatic carbocycles. The maximum absolute atomic E-state index is 5.10. The normalized spacial score (nSPS) is 14.2. The van der Waals surface area contributed by atoms with E-state index in [0.29, 0.717) is 11.5 Å². The van der Waals surface area contributed by atoms with Crippen LogP contribution in [0.4, 0.5) is 0 Å². The van der Waals surface area contributed by atoms with Crippen LogP contribution >= 0.6 is 0 Å². The van der Waals surface area contributed by atoms with Crippen molar-refractivity contribution in [1.82, 2.24) is 0 Å². The van der Waals surface area contributed by atoms with E-state index in [0.717, 1.165) is 11.5 Å². The average Bonchev–Trinajstić information content (AvgIpc) is 3.11. The number of rotatable bonds is 2. The summed E-state index contributed by atoms with van der Waals surface area (Å²) in [5, 5.41) is 0. The molecule has 0 spiro atoms. The fourth-order valence-corrected chi connectivity index (χ4v) is 0.898. The standard InChI is InChI=1S/C13H6O2/c1-3-5-6-7-8-9-11-13(15-11)12-10(4-2)14-12/h4H,2H2,1H3. The first kappa shape index (κ1) is 9.07. The van der Waals surface area contributed by atoms with Crippen LogP contribution in [0, 0.1) is 35.5 Å². The molecule has 2 aliphatic heterocycles. The molecule has 0 saturated heterocycles. The zero-order valence-corrected chi connectivity index (χ0v) is 8.10. The molecule has 2 nitrogen and oxygen atoms in total. The summed E-state index contributed by atoms with van der Waals surface area (Å²) in [5.41, 5.74) is 0. The van der Waals surface area contributed by atoms with Crippen LogP contribution in [-0.2, 0) is 9.47 Å². The predicted octanol–water partition coefficient (Wildman–Crippen LogP) is 1.69. The zero-order chi connectivity index (χ0) is 10.7. The number of ether oxygens (including phenoxy) is 2. The lowest BCUT2D eigenvalue weighted by atomic mass is 10.4. The van der Waals surface area contributed by atoms with Gasteiger partial charge in [0.2, 0.25) is 17.3 Å². The molecule has 2 rings (SSSR count). The van der Waals surface area contributed by atoms with Gasteiger partial charge in [0.25, 0.3) is 0 Å². The molecule has 0 unspecified atom stereocenters. The molecule has 2 aliphatic rings. The third-order valence-electron chi connectivity index (χ3n) is 1.64. The van der Waals surface area contributed by atoms with Crippen LogP contribution in [0.2, 0.25) is 0 Å². The van der Waals surface area contributed by atoms with Gasteiger partial charge in [-0.2, -0.15) is 0 Å². The van der Waals surface area contributed by atoms with Gasteiger partial charge in [-0.1, -0.05) is 12.5 Å². The highest BCUT2D eigenvalue weighted by Crippen LogP contribution is 2.43. The van der Waals surface area contributed by atoms with E-state index in [2.05, 4.69) is 42.1 Å². The minimum absolute atomic E-state index is 0.612. The maximum atomic E-state index is 5.10. The van der Waals surface area contributed by atoms with Gasteiger partial charge in [0.1, 0.15) is 0 Å². The maximum Gasteiger partial charge on any atom is 0.226 e. The van der Waals surface area contributed by atoms with Crippen LogP contribution in [0.25, 0.3) is 0 Å². The Hall–Kier alpha value is -2.50. The van der Waals surface area contributed by atoms with Gasteiger partial charge in [-0.25, -0.2) is 0 Å². The van der Waals surface area contributed by atoms with Crippen molar-refractivity contribution < 1.29 is 9.47 Å². The van der Waals surface area contributed by atoms with E-state index in [4.69, 9.17) is 9.47 Å². The monoisotopic (exact) mass is 194 g/mol. The fraction of sp³-hybridized carbons (Fsp3) is 0.0769. The molecule has 0 aromatic carbocycles. The molecule has 70 valence electrons. The summed E-state index contributed by atoms with van der Waals surface area (Å²) in [6.45, 7) is 5.29. The molecule has 0 aromatic rings. The molecule has 15 heavy (non-hydrogen) atoms. The van der Waals surface area contributed by atoms with E-state index in [1.165, 1.54) is 0 Å². The lowest BCUT2D eigenvalue weighted by molar-refractivity contribution is 0.432. The average molecular weight is 194 g/mol. The van der Waals surface area contributed by atoms with Crippen LogP contribution in [-0.4, -0.2) is 0 Å². The van der Waals surface area contributed by atoms with Gasteiger partial charge in [0, 0.05) is 0 Å². The van der Waals surface area contributed by atoms with Gasteiger partial charge in [0.05, 0.1) is 0 Å². The Balaban J connectivity index is 1.99. The second-order valence-corrected chi connectivity index (χ2v) is 2.63. The number of hydrogen-bond acceptors (Lipinski definition) is 2. The van der Waals surface area contributed by atoms with Crippen LogP contribution in [0.3, 0.4) is 0 Å². The first-order valence-electron chi connectivity index (χ1n) is 4.26. The summed E-state index contributed by atoms with van der Waals surface area (Å²) in [6, 6.07) is 0. The van der Waals surface area contributed by atoms with E-state index < -0.39 is 0 Å². The molecular weight excluding hydrogens is 188 g/mol. The fourth-order valence-electron chi connectivity index (χ4n) is 0.898. The van der Waals surface area contributed by atoms with Gasteiger partial charge in [-0.05, 0) is 42.6 Å². The third kappa shape index (κ3) is 2.05. The van der Waals surface area contributed by atoms with Gasteiger partial charge >= 0.3 is 0 Å². The SMILES string of the molecule is C=CC1=C(C2=C(C#CC#CC#CC)O2)O1. The molecule has 2 heteroatoms. The zero-order valence-electron chi connectivity index (χ0n) is 8.10. The second kappa shape index (κ2) is 3.70. The summed E-state index contributed by atoms with van der Waals surface area (Å²) in [7, 11) is 0. The molecule has 0 saturated carbocycles. The van der Waals surface area contributed by atoms with E-state index in [9.17, 15) is 0 Å². The Bertz CT molecular complexity index is 569. The molecule has 0 bridgehead atoms. The topological polar surface area (TPSA) is 25.1 Å². The van der Waals surface area contributed by atoms with E-state index in [-0.39, 0.29) is 0 Å². The van der Waals surface area contributed by atoms with Crippen molar-refractivity contribution in [3.63, 3.8) is 0 Å². The molecule has 0 amide bonds. The van der Waals surface area contributed by atoms with Gasteiger partial charge in [-0.15, -0.1) is 0 Å². The smallest absolute Gasteiger partial charge is 0.226 e. The van der Waals surface area contributed by atoms with Crippen LogP contribution in [0.1, 0.15) is 6.92 Å². The van der Waals surface area contributed by atoms with Crippen LogP contribution in [0.5, 0.6) is 0 Å². The minimum atomic E-state index is 0.612. The molecular formula is C13H6O2. The Kier molecular flexibility index (Phi) is 2.24. The number of allylic oxidation sites excluding steroid dienone is 2. The highest BCUT2D eigenvalue weighted by molar-refractivity contribution is 5.54.